The van der Waals surface area contributed by atoms with E-state index >= 15 is 0 Å². The number of piperazine rings is 1. The van der Waals surface area contributed by atoms with Gasteiger partial charge in [0.25, 0.3) is 0 Å². The summed E-state index contributed by atoms with van der Waals surface area (Å²) in [4.78, 5) is 38.9. The Morgan fingerprint density at radius 2 is 1.21 bits per heavy atom. The summed E-state index contributed by atoms with van der Waals surface area (Å²) in [7, 11) is 0. The Bertz CT molecular complexity index is 1100. The molecule has 0 bridgehead atoms. The molecule has 1 aliphatic heterocycles. The normalized spacial score (nSPS) is 14.1. The van der Waals surface area contributed by atoms with E-state index in [1.54, 1.807) is 4.90 Å². The van der Waals surface area contributed by atoms with Crippen molar-refractivity contribution in [1.82, 2.24) is 9.80 Å². The molecule has 3 rings (SSSR count). The lowest BCUT2D eigenvalue weighted by Gasteiger charge is -2.35. The van der Waals surface area contributed by atoms with Crippen molar-refractivity contribution in [1.29, 1.82) is 0 Å². The topological polar surface area (TPSA) is 112 Å². The quantitative estimate of drug-likeness (QED) is 0.390. The molecule has 204 valence electrons. The maximum atomic E-state index is 12.6. The Hall–Kier alpha value is -3.75. The summed E-state index contributed by atoms with van der Waals surface area (Å²) in [5.41, 5.74) is 3.18. The fourth-order valence-electron chi connectivity index (χ4n) is 4.08. The minimum Gasteiger partial charge on any atom is -0.481 e. The number of carboxylic acid groups (broad SMARTS) is 1. The fourth-order valence-corrected chi connectivity index (χ4v) is 4.08. The molecule has 38 heavy (non-hydrogen) atoms. The molecule has 9 nitrogen and oxygen atoms in total. The number of benzene rings is 2. The first-order valence-corrected chi connectivity index (χ1v) is 13.2. The first kappa shape index (κ1) is 28.8. The predicted octanol–water partition coefficient (Wildman–Crippen LogP) is 5.91. The van der Waals surface area contributed by atoms with Gasteiger partial charge >= 0.3 is 12.1 Å². The second-order valence-electron chi connectivity index (χ2n) is 10.5. The van der Waals surface area contributed by atoms with Gasteiger partial charge in [0, 0.05) is 39.0 Å². The van der Waals surface area contributed by atoms with E-state index in [1.807, 2.05) is 74.2 Å². The average Bonchev–Trinajstić information content (AvgIpc) is 2.88. The molecular weight excluding hydrogens is 484 g/mol. The fraction of sp³-hybridized carbons (Fsp3) is 0.483. The van der Waals surface area contributed by atoms with E-state index < -0.39 is 11.6 Å². The number of carbonyl (C=O) groups excluding carboxylic acids is 2. The van der Waals surface area contributed by atoms with E-state index in [0.717, 1.165) is 41.8 Å². The van der Waals surface area contributed by atoms with Crippen molar-refractivity contribution in [2.45, 2.75) is 64.9 Å². The van der Waals surface area contributed by atoms with Crippen LogP contribution in [-0.2, 0) is 27.2 Å². The Morgan fingerprint density at radius 3 is 1.66 bits per heavy atom. The summed E-state index contributed by atoms with van der Waals surface area (Å²) in [6.45, 7) is 7.59. The van der Waals surface area contributed by atoms with Gasteiger partial charge in [-0.15, -0.1) is 0 Å². The lowest BCUT2D eigenvalue weighted by Crippen LogP contribution is -2.51. The van der Waals surface area contributed by atoms with E-state index in [9.17, 15) is 14.4 Å². The number of rotatable bonds is 10. The monoisotopic (exact) mass is 522 g/mol. The van der Waals surface area contributed by atoms with Crippen molar-refractivity contribution >= 4 is 29.3 Å². The van der Waals surface area contributed by atoms with Gasteiger partial charge in [0.05, 0.1) is 11.4 Å². The second-order valence-corrected chi connectivity index (χ2v) is 10.5. The van der Waals surface area contributed by atoms with Crippen LogP contribution in [-0.4, -0.2) is 64.7 Å². The van der Waals surface area contributed by atoms with Gasteiger partial charge in [-0.25, -0.2) is 4.79 Å². The van der Waals surface area contributed by atoms with E-state index in [2.05, 4.69) is 10.2 Å². The first-order valence-electron chi connectivity index (χ1n) is 13.2. The maximum Gasteiger partial charge on any atom is 0.410 e. The van der Waals surface area contributed by atoms with Crippen LogP contribution in [0, 0.1) is 0 Å². The number of ether oxygens (including phenoxy) is 1. The highest BCUT2D eigenvalue weighted by molar-refractivity contribution is 5.76. The number of aryl methyl sites for hydroxylation is 2. The molecular formula is C29H38N4O5. The summed E-state index contributed by atoms with van der Waals surface area (Å²) < 4.78 is 5.41. The average molecular weight is 523 g/mol. The minimum absolute atomic E-state index is 0.118. The van der Waals surface area contributed by atoms with Crippen LogP contribution in [0.4, 0.5) is 16.2 Å². The van der Waals surface area contributed by atoms with E-state index in [0.29, 0.717) is 39.0 Å². The molecule has 0 saturated carbocycles. The molecule has 0 spiro atoms. The van der Waals surface area contributed by atoms with Crippen molar-refractivity contribution in [3.63, 3.8) is 0 Å². The molecule has 1 fully saturated rings. The number of aliphatic carboxylic acids is 1. The van der Waals surface area contributed by atoms with Gasteiger partial charge in [-0.3, -0.25) is 9.59 Å². The van der Waals surface area contributed by atoms with Gasteiger partial charge in [-0.2, -0.15) is 10.2 Å². The number of hydrogen-bond donors (Lipinski definition) is 1. The number of carboxylic acids is 1. The van der Waals surface area contributed by atoms with Gasteiger partial charge < -0.3 is 19.6 Å². The Labute approximate surface area is 224 Å². The molecule has 2 aromatic rings. The standard InChI is InChI=1S/C29H38N4O5/c1-29(2,3)38-28(37)33-20-18-32(19-21-33)26(34)8-4-6-22-10-14-24(15-11-22)30-31-25-16-12-23(13-17-25)7-5-9-27(35)36/h10-17H,4-9,18-21H2,1-3H3,(H,35,36). The molecule has 9 heteroatoms. The van der Waals surface area contributed by atoms with Crippen LogP contribution in [0.5, 0.6) is 0 Å². The van der Waals surface area contributed by atoms with Gasteiger partial charge in [-0.1, -0.05) is 24.3 Å². The SMILES string of the molecule is CC(C)(C)OC(=O)N1CCN(C(=O)CCCc2ccc(N=Nc3ccc(CCCC(=O)O)cc3)cc2)CC1. The zero-order valence-electron chi connectivity index (χ0n) is 22.6. The third-order valence-corrected chi connectivity index (χ3v) is 6.15. The zero-order chi connectivity index (χ0) is 27.5. The largest absolute Gasteiger partial charge is 0.481 e. The highest BCUT2D eigenvalue weighted by Crippen LogP contribution is 2.21. The maximum absolute atomic E-state index is 12.6. The van der Waals surface area contributed by atoms with Crippen molar-refractivity contribution in [3.8, 4) is 0 Å². The van der Waals surface area contributed by atoms with Crippen molar-refractivity contribution in [2.24, 2.45) is 10.2 Å². The number of azo groups is 1. The van der Waals surface area contributed by atoms with Gasteiger partial charge in [-0.05, 0) is 81.8 Å². The molecule has 0 aromatic heterocycles. The van der Waals surface area contributed by atoms with E-state index in [-0.39, 0.29) is 18.4 Å². The summed E-state index contributed by atoms with van der Waals surface area (Å²) in [5, 5.41) is 17.3. The summed E-state index contributed by atoms with van der Waals surface area (Å²) in [5.74, 6) is -0.658. The lowest BCUT2D eigenvalue weighted by molar-refractivity contribution is -0.137. The number of amides is 2. The molecule has 2 amide bonds. The second kappa shape index (κ2) is 13.7. The summed E-state index contributed by atoms with van der Waals surface area (Å²) in [6.07, 6.45) is 3.21. The molecule has 0 aliphatic carbocycles. The van der Waals surface area contributed by atoms with Gasteiger partial charge in [0.2, 0.25) is 5.91 Å². The number of nitrogens with zero attached hydrogens (tertiary/aromatic N) is 4. The Balaban J connectivity index is 1.37. The molecule has 1 aliphatic rings. The smallest absolute Gasteiger partial charge is 0.410 e. The minimum atomic E-state index is -0.776. The van der Waals surface area contributed by atoms with Gasteiger partial charge in [0.1, 0.15) is 5.60 Å². The van der Waals surface area contributed by atoms with Crippen molar-refractivity contribution in [2.75, 3.05) is 26.2 Å². The molecule has 0 unspecified atom stereocenters. The zero-order valence-corrected chi connectivity index (χ0v) is 22.6. The highest BCUT2D eigenvalue weighted by atomic mass is 16.6. The lowest BCUT2D eigenvalue weighted by atomic mass is 10.1. The van der Waals surface area contributed by atoms with Crippen LogP contribution in [0.1, 0.15) is 57.6 Å². The first-order chi connectivity index (χ1) is 18.1. The number of hydrogen-bond acceptors (Lipinski definition) is 6. The predicted molar refractivity (Wildman–Crippen MR) is 145 cm³/mol. The molecule has 0 radical (unpaired) electrons. The van der Waals surface area contributed by atoms with E-state index in [1.165, 1.54) is 0 Å². The Kier molecular flexibility index (Phi) is 10.4. The summed E-state index contributed by atoms with van der Waals surface area (Å²) in [6, 6.07) is 15.5. The third-order valence-electron chi connectivity index (χ3n) is 6.15. The highest BCUT2D eigenvalue weighted by Gasteiger charge is 2.27. The summed E-state index contributed by atoms with van der Waals surface area (Å²) >= 11 is 0. The molecule has 0 atom stereocenters. The van der Waals surface area contributed by atoms with Crippen LogP contribution in [0.3, 0.4) is 0 Å². The van der Waals surface area contributed by atoms with Crippen molar-refractivity contribution in [3.05, 3.63) is 59.7 Å². The third kappa shape index (κ3) is 9.95. The van der Waals surface area contributed by atoms with Crippen LogP contribution < -0.4 is 0 Å². The molecule has 1 N–H and O–H groups in total. The van der Waals surface area contributed by atoms with Crippen molar-refractivity contribution < 1.29 is 24.2 Å². The van der Waals surface area contributed by atoms with E-state index in [4.69, 9.17) is 9.84 Å². The van der Waals surface area contributed by atoms with Crippen LogP contribution in [0.25, 0.3) is 0 Å². The molecule has 2 aromatic carbocycles. The van der Waals surface area contributed by atoms with Gasteiger partial charge in [0.15, 0.2) is 0 Å². The van der Waals surface area contributed by atoms with Crippen LogP contribution in [0.15, 0.2) is 58.8 Å². The number of carbonyl (C=O) groups is 3. The van der Waals surface area contributed by atoms with Crippen LogP contribution in [0.2, 0.25) is 0 Å². The van der Waals surface area contributed by atoms with Crippen LogP contribution >= 0.6 is 0 Å². The molecule has 1 saturated heterocycles. The Morgan fingerprint density at radius 1 is 0.763 bits per heavy atom. The molecule has 1 heterocycles.